The molecule has 2 aromatic carbocycles. The molecule has 0 atom stereocenters. The van der Waals surface area contributed by atoms with Crippen molar-refractivity contribution < 1.29 is 4.79 Å². The van der Waals surface area contributed by atoms with Gasteiger partial charge in [-0.15, -0.1) is 0 Å². The zero-order valence-electron chi connectivity index (χ0n) is 12.7. The van der Waals surface area contributed by atoms with E-state index in [-0.39, 0.29) is 5.78 Å². The molecular formula is C17H22OSi2. The number of carbonyl (C=O) groups excluding carboxylic acids is 1. The van der Waals surface area contributed by atoms with E-state index in [0.29, 0.717) is 0 Å². The Balaban J connectivity index is 2.22. The lowest BCUT2D eigenvalue weighted by atomic mass is 10.0. The summed E-state index contributed by atoms with van der Waals surface area (Å²) in [5.74, 6) is 0.124. The van der Waals surface area contributed by atoms with Gasteiger partial charge in [0.15, 0.2) is 5.78 Å². The molecular weight excluding hydrogens is 276 g/mol. The van der Waals surface area contributed by atoms with Crippen LogP contribution in [0.25, 0.3) is 0 Å². The second-order valence-corrected chi connectivity index (χ2v) is 11.8. The van der Waals surface area contributed by atoms with Gasteiger partial charge in [-0.25, -0.2) is 0 Å². The molecule has 2 aromatic rings. The van der Waals surface area contributed by atoms with Crippen molar-refractivity contribution >= 4 is 33.8 Å². The van der Waals surface area contributed by atoms with E-state index in [4.69, 9.17) is 0 Å². The van der Waals surface area contributed by atoms with Gasteiger partial charge in [0.25, 0.3) is 0 Å². The van der Waals surface area contributed by atoms with E-state index in [1.165, 1.54) is 10.4 Å². The fourth-order valence-electron chi connectivity index (χ4n) is 2.21. The van der Waals surface area contributed by atoms with Gasteiger partial charge in [0.1, 0.15) is 0 Å². The molecule has 20 heavy (non-hydrogen) atoms. The van der Waals surface area contributed by atoms with Crippen LogP contribution < -0.4 is 10.4 Å². The Morgan fingerprint density at radius 2 is 0.950 bits per heavy atom. The Hall–Kier alpha value is -1.46. The molecule has 3 heteroatoms. The maximum absolute atomic E-state index is 12.4. The minimum absolute atomic E-state index is 0.124. The summed E-state index contributed by atoms with van der Waals surface area (Å²) < 4.78 is 0. The van der Waals surface area contributed by atoms with Gasteiger partial charge < -0.3 is 0 Å². The summed E-state index contributed by atoms with van der Waals surface area (Å²) in [5, 5.41) is 2.81. The van der Waals surface area contributed by atoms with Crippen molar-refractivity contribution in [3.63, 3.8) is 0 Å². The molecule has 0 saturated carbocycles. The van der Waals surface area contributed by atoms with Gasteiger partial charge in [-0.2, -0.15) is 0 Å². The highest BCUT2D eigenvalue weighted by Crippen LogP contribution is 2.08. The van der Waals surface area contributed by atoms with Gasteiger partial charge in [0.05, 0.1) is 17.6 Å². The third-order valence-corrected chi connectivity index (χ3v) is 7.12. The minimum Gasteiger partial charge on any atom is -0.289 e. The van der Waals surface area contributed by atoms with Crippen molar-refractivity contribution in [2.24, 2.45) is 0 Å². The summed E-state index contributed by atoms with van der Waals surface area (Å²) in [6.45, 7) is 9.19. The predicted octanol–water partition coefficient (Wildman–Crippen LogP) is 2.31. The zero-order chi connectivity index (χ0) is 14.7. The van der Waals surface area contributed by atoms with Crippen LogP contribution >= 0.6 is 0 Å². The van der Waals surface area contributed by atoms with Crippen LogP contribution in [0.4, 0.5) is 0 Å². The van der Waals surface area contributed by atoms with Crippen LogP contribution in [-0.4, -0.2) is 23.4 Å². The van der Waals surface area contributed by atoms with Crippen molar-refractivity contribution in [3.05, 3.63) is 59.7 Å². The van der Waals surface area contributed by atoms with Crippen LogP contribution in [0.2, 0.25) is 26.2 Å². The van der Waals surface area contributed by atoms with Crippen molar-refractivity contribution in [2.75, 3.05) is 0 Å². The van der Waals surface area contributed by atoms with Gasteiger partial charge in [-0.3, -0.25) is 4.79 Å². The highest BCUT2D eigenvalue weighted by atomic mass is 28.3. The zero-order valence-corrected chi connectivity index (χ0v) is 15.0. The maximum atomic E-state index is 12.4. The molecule has 1 nitrogen and oxygen atoms in total. The third-order valence-electron chi connectivity index (χ3n) is 3.68. The average Bonchev–Trinajstić information content (AvgIpc) is 2.46. The molecule has 0 spiro atoms. The third kappa shape index (κ3) is 3.35. The fraction of sp³-hybridized carbons (Fsp3) is 0.235. The topological polar surface area (TPSA) is 17.1 Å². The lowest BCUT2D eigenvalue weighted by molar-refractivity contribution is 0.103. The van der Waals surface area contributed by atoms with Crippen LogP contribution in [0.1, 0.15) is 15.9 Å². The molecule has 0 N–H and O–H groups in total. The van der Waals surface area contributed by atoms with Gasteiger partial charge in [-0.1, -0.05) is 85.1 Å². The van der Waals surface area contributed by atoms with Crippen LogP contribution in [0, 0.1) is 0 Å². The Morgan fingerprint density at radius 3 is 1.20 bits per heavy atom. The Bertz CT molecular complexity index is 530. The van der Waals surface area contributed by atoms with E-state index < -0.39 is 17.6 Å². The fourth-order valence-corrected chi connectivity index (χ4v) is 4.13. The molecule has 0 fully saturated rings. The quantitative estimate of drug-likeness (QED) is 0.625. The summed E-state index contributed by atoms with van der Waals surface area (Å²) >= 11 is 0. The van der Waals surface area contributed by atoms with Gasteiger partial charge in [0.2, 0.25) is 0 Å². The minimum atomic E-state index is -0.780. The van der Waals surface area contributed by atoms with Crippen molar-refractivity contribution in [1.29, 1.82) is 0 Å². The first-order valence-corrected chi connectivity index (χ1v) is 13.0. The molecule has 0 aliphatic rings. The molecule has 0 unspecified atom stereocenters. The van der Waals surface area contributed by atoms with Crippen LogP contribution in [0.15, 0.2) is 48.5 Å². The van der Waals surface area contributed by atoms with Crippen molar-refractivity contribution in [3.8, 4) is 0 Å². The second kappa shape index (κ2) is 6.33. The highest BCUT2D eigenvalue weighted by molar-refractivity contribution is 6.71. The standard InChI is InChI=1S/C17H22OSi2/c1-19(2)15-9-5-13(6-10-15)17(18)14-7-11-16(12-8-14)20(3)4/h5-12,19-20H,1-4H3. The monoisotopic (exact) mass is 298 g/mol. The second-order valence-electron chi connectivity index (χ2n) is 5.88. The summed E-state index contributed by atoms with van der Waals surface area (Å²) in [6.07, 6.45) is 0. The summed E-state index contributed by atoms with van der Waals surface area (Å²) in [6, 6.07) is 16.3. The van der Waals surface area contributed by atoms with Crippen molar-refractivity contribution in [1.82, 2.24) is 0 Å². The van der Waals surface area contributed by atoms with E-state index in [1.54, 1.807) is 0 Å². The predicted molar refractivity (Wildman–Crippen MR) is 93.3 cm³/mol. The Kier molecular flexibility index (Phi) is 4.73. The SMILES string of the molecule is C[SiH](C)c1ccc(C(=O)c2ccc([SiH](C)C)cc2)cc1. The number of benzene rings is 2. The lowest BCUT2D eigenvalue weighted by Crippen LogP contribution is -2.23. The summed E-state index contributed by atoms with van der Waals surface area (Å²) in [4.78, 5) is 12.4. The first-order valence-electron chi connectivity index (χ1n) is 7.23. The smallest absolute Gasteiger partial charge is 0.193 e. The van der Waals surface area contributed by atoms with Crippen LogP contribution in [0.5, 0.6) is 0 Å². The Labute approximate surface area is 124 Å². The van der Waals surface area contributed by atoms with Gasteiger partial charge in [0, 0.05) is 11.1 Å². The van der Waals surface area contributed by atoms with Gasteiger partial charge in [-0.05, 0) is 0 Å². The summed E-state index contributed by atoms with van der Waals surface area (Å²) in [5.41, 5.74) is 1.58. The maximum Gasteiger partial charge on any atom is 0.193 e. The molecule has 0 saturated heterocycles. The first kappa shape index (κ1) is 14.9. The number of carbonyl (C=O) groups is 1. The van der Waals surface area contributed by atoms with E-state index in [0.717, 1.165) is 11.1 Å². The highest BCUT2D eigenvalue weighted by Gasteiger charge is 2.10. The number of hydrogen-bond donors (Lipinski definition) is 0. The van der Waals surface area contributed by atoms with Crippen LogP contribution in [-0.2, 0) is 0 Å². The number of hydrogen-bond acceptors (Lipinski definition) is 1. The number of ketones is 1. The van der Waals surface area contributed by atoms with E-state index in [9.17, 15) is 4.79 Å². The molecule has 0 heterocycles. The van der Waals surface area contributed by atoms with E-state index in [1.807, 2.05) is 24.3 Å². The summed E-state index contributed by atoms with van der Waals surface area (Å²) in [7, 11) is -1.56. The molecule has 0 radical (unpaired) electrons. The molecule has 0 aliphatic carbocycles. The van der Waals surface area contributed by atoms with Crippen molar-refractivity contribution in [2.45, 2.75) is 26.2 Å². The molecule has 104 valence electrons. The van der Waals surface area contributed by atoms with E-state index in [2.05, 4.69) is 50.5 Å². The average molecular weight is 299 g/mol. The molecule has 2 rings (SSSR count). The normalized spacial score (nSPS) is 11.1. The largest absolute Gasteiger partial charge is 0.289 e. The first-order chi connectivity index (χ1) is 9.49. The number of rotatable bonds is 4. The molecule has 0 amide bonds. The van der Waals surface area contributed by atoms with Crippen LogP contribution in [0.3, 0.4) is 0 Å². The molecule has 0 bridgehead atoms. The lowest BCUT2D eigenvalue weighted by Gasteiger charge is -2.07. The Morgan fingerprint density at radius 1 is 0.650 bits per heavy atom. The molecule has 0 aromatic heterocycles. The van der Waals surface area contributed by atoms with Gasteiger partial charge >= 0.3 is 0 Å². The van der Waals surface area contributed by atoms with E-state index >= 15 is 0 Å². The molecule has 0 aliphatic heterocycles.